The van der Waals surface area contributed by atoms with Gasteiger partial charge in [-0.05, 0) is 50.6 Å². The van der Waals surface area contributed by atoms with E-state index in [2.05, 4.69) is 15.9 Å². The van der Waals surface area contributed by atoms with Gasteiger partial charge < -0.3 is 26.2 Å². The van der Waals surface area contributed by atoms with E-state index in [9.17, 15) is 34.8 Å². The van der Waals surface area contributed by atoms with E-state index in [1.54, 1.807) is 20.2 Å². The highest BCUT2D eigenvalue weighted by Crippen LogP contribution is 2.53. The van der Waals surface area contributed by atoms with E-state index in [1.165, 1.54) is 11.0 Å². The van der Waals surface area contributed by atoms with Crippen LogP contribution in [0.5, 0.6) is 5.75 Å². The van der Waals surface area contributed by atoms with Crippen LogP contribution in [-0.4, -0.2) is 68.5 Å². The van der Waals surface area contributed by atoms with Crippen LogP contribution in [0.25, 0.3) is 5.76 Å². The third kappa shape index (κ3) is 2.71. The highest BCUT2D eigenvalue weighted by atomic mass is 79.9. The number of nitrogens with two attached hydrogens (primary N) is 1. The summed E-state index contributed by atoms with van der Waals surface area (Å²) in [5, 5.41) is 43.4. The van der Waals surface area contributed by atoms with Gasteiger partial charge in [0.05, 0.1) is 11.6 Å². The summed E-state index contributed by atoms with van der Waals surface area (Å²) >= 11 is 3.39. The first-order valence-corrected chi connectivity index (χ1v) is 10.4. The van der Waals surface area contributed by atoms with Crippen LogP contribution in [0.4, 0.5) is 0 Å². The van der Waals surface area contributed by atoms with E-state index in [1.807, 2.05) is 0 Å². The molecule has 1 aromatic carbocycles. The van der Waals surface area contributed by atoms with Crippen molar-refractivity contribution in [3.05, 3.63) is 44.6 Å². The molecule has 6 N–H and O–H groups in total. The number of likely N-dealkylation sites (N-methyl/N-ethyl adjacent to an activating group) is 1. The molecular weight excluding hydrogens is 472 g/mol. The van der Waals surface area contributed by atoms with Crippen LogP contribution >= 0.6 is 15.9 Å². The van der Waals surface area contributed by atoms with Crippen molar-refractivity contribution in [1.29, 1.82) is 0 Å². The summed E-state index contributed by atoms with van der Waals surface area (Å²) in [5.74, 6) is -6.56. The lowest BCUT2D eigenvalue weighted by Gasteiger charge is -2.50. The topological polar surface area (TPSA) is 161 Å². The normalized spacial score (nSPS) is 30.3. The third-order valence-corrected chi connectivity index (χ3v) is 7.29. The SMILES string of the molecule is CN(C)[C@H]1C(=O)C(C(N)=O)=C(O)[C@@]2(O)C(=O)C3=C(O)c4c(O)ccc(Br)c4C[C@H]3C[C@@H]12. The highest BCUT2D eigenvalue weighted by molar-refractivity contribution is 9.10. The zero-order valence-corrected chi connectivity index (χ0v) is 18.3. The summed E-state index contributed by atoms with van der Waals surface area (Å²) in [5.41, 5.74) is 2.32. The Bertz CT molecular complexity index is 1120. The van der Waals surface area contributed by atoms with Crippen LogP contribution in [0.15, 0.2) is 33.5 Å². The number of carbonyl (C=O) groups excluding carboxylic acids is 3. The van der Waals surface area contributed by atoms with E-state index in [-0.39, 0.29) is 29.7 Å². The molecule has 1 aromatic rings. The maximum atomic E-state index is 13.5. The molecule has 0 heterocycles. The molecule has 0 spiro atoms. The fourth-order valence-corrected chi connectivity index (χ4v) is 5.70. The second-order valence-electron chi connectivity index (χ2n) is 8.38. The first kappa shape index (κ1) is 21.5. The molecule has 3 aliphatic rings. The monoisotopic (exact) mass is 492 g/mol. The molecule has 1 saturated carbocycles. The van der Waals surface area contributed by atoms with Gasteiger partial charge in [-0.2, -0.15) is 0 Å². The van der Waals surface area contributed by atoms with Crippen molar-refractivity contribution < 1.29 is 34.8 Å². The van der Waals surface area contributed by atoms with Crippen LogP contribution in [0.1, 0.15) is 17.5 Å². The molecule has 4 rings (SSSR count). The summed E-state index contributed by atoms with van der Waals surface area (Å²) in [4.78, 5) is 39.9. The Morgan fingerprint density at radius 1 is 1.23 bits per heavy atom. The summed E-state index contributed by atoms with van der Waals surface area (Å²) in [6, 6.07) is 1.88. The summed E-state index contributed by atoms with van der Waals surface area (Å²) < 4.78 is 0.627. The maximum Gasteiger partial charge on any atom is 0.255 e. The molecular formula is C21H21BrN2O7. The number of aliphatic hydroxyl groups excluding tert-OH is 2. The number of hydrogen-bond acceptors (Lipinski definition) is 8. The van der Waals surface area contributed by atoms with Gasteiger partial charge in [-0.1, -0.05) is 15.9 Å². The Morgan fingerprint density at radius 3 is 2.45 bits per heavy atom. The van der Waals surface area contributed by atoms with Crippen molar-refractivity contribution in [3.63, 3.8) is 0 Å². The molecule has 0 aliphatic heterocycles. The Labute approximate surface area is 185 Å². The molecule has 164 valence electrons. The summed E-state index contributed by atoms with van der Waals surface area (Å²) in [7, 11) is 3.12. The Morgan fingerprint density at radius 2 is 1.87 bits per heavy atom. The number of carbonyl (C=O) groups is 3. The highest BCUT2D eigenvalue weighted by Gasteiger charge is 2.64. The lowest BCUT2D eigenvalue weighted by atomic mass is 9.57. The minimum absolute atomic E-state index is 0.0608. The van der Waals surface area contributed by atoms with Gasteiger partial charge >= 0.3 is 0 Å². The van der Waals surface area contributed by atoms with Crippen molar-refractivity contribution in [2.75, 3.05) is 14.1 Å². The van der Waals surface area contributed by atoms with Crippen molar-refractivity contribution in [2.45, 2.75) is 24.5 Å². The van der Waals surface area contributed by atoms with Crippen molar-refractivity contribution >= 4 is 39.2 Å². The van der Waals surface area contributed by atoms with Gasteiger partial charge in [0.1, 0.15) is 22.8 Å². The van der Waals surface area contributed by atoms with Gasteiger partial charge in [0.15, 0.2) is 11.4 Å². The lowest BCUT2D eigenvalue weighted by Crippen LogP contribution is -2.65. The fourth-order valence-electron chi connectivity index (χ4n) is 5.21. The van der Waals surface area contributed by atoms with Crippen molar-refractivity contribution in [3.8, 4) is 5.75 Å². The number of aromatic hydroxyl groups is 1. The molecule has 1 amide bonds. The van der Waals surface area contributed by atoms with Crippen LogP contribution in [-0.2, 0) is 20.8 Å². The van der Waals surface area contributed by atoms with E-state index in [4.69, 9.17) is 5.73 Å². The molecule has 0 unspecified atom stereocenters. The van der Waals surface area contributed by atoms with Gasteiger partial charge in [0.2, 0.25) is 5.78 Å². The number of aliphatic hydroxyl groups is 3. The van der Waals surface area contributed by atoms with E-state index in [0.717, 1.165) is 0 Å². The quantitative estimate of drug-likeness (QED) is 0.377. The molecule has 1 fully saturated rings. The average molecular weight is 493 g/mol. The summed E-state index contributed by atoms with van der Waals surface area (Å²) in [6.07, 6.45) is 0.317. The third-order valence-electron chi connectivity index (χ3n) is 6.55. The van der Waals surface area contributed by atoms with Crippen LogP contribution < -0.4 is 5.73 Å². The van der Waals surface area contributed by atoms with Crippen molar-refractivity contribution in [1.82, 2.24) is 4.90 Å². The number of primary amides is 1. The van der Waals surface area contributed by atoms with Gasteiger partial charge in [-0.15, -0.1) is 0 Å². The molecule has 0 aromatic heterocycles. The number of ketones is 2. The number of phenols is 1. The number of amides is 1. The second-order valence-corrected chi connectivity index (χ2v) is 9.24. The van der Waals surface area contributed by atoms with Gasteiger partial charge in [-0.25, -0.2) is 0 Å². The number of hydrogen-bond donors (Lipinski definition) is 5. The Kier molecular flexibility index (Phi) is 4.80. The molecule has 31 heavy (non-hydrogen) atoms. The molecule has 3 aliphatic carbocycles. The number of benzene rings is 1. The van der Waals surface area contributed by atoms with E-state index >= 15 is 0 Å². The minimum Gasteiger partial charge on any atom is -0.508 e. The second kappa shape index (κ2) is 6.91. The van der Waals surface area contributed by atoms with E-state index < -0.39 is 58.0 Å². The molecule has 10 heteroatoms. The number of phenolic OH excluding ortho intramolecular Hbond substituents is 1. The molecule has 0 saturated heterocycles. The zero-order chi connectivity index (χ0) is 23.0. The number of nitrogens with zero attached hydrogens (tertiary/aromatic N) is 1. The number of fused-ring (bicyclic) bond motifs is 3. The zero-order valence-electron chi connectivity index (χ0n) is 16.7. The number of rotatable bonds is 2. The number of halogens is 1. The first-order valence-electron chi connectivity index (χ1n) is 9.58. The average Bonchev–Trinajstić information content (AvgIpc) is 2.67. The predicted octanol–water partition coefficient (Wildman–Crippen LogP) is 0.727. The largest absolute Gasteiger partial charge is 0.508 e. The first-order chi connectivity index (χ1) is 14.4. The van der Waals surface area contributed by atoms with Gasteiger partial charge in [-0.3, -0.25) is 19.3 Å². The van der Waals surface area contributed by atoms with Crippen LogP contribution in [0, 0.1) is 11.8 Å². The Hall–Kier alpha value is -2.69. The fraction of sp³-hybridized carbons (Fsp3) is 0.381. The predicted molar refractivity (Wildman–Crippen MR) is 112 cm³/mol. The molecule has 0 bridgehead atoms. The minimum atomic E-state index is -2.62. The molecule has 0 radical (unpaired) electrons. The Balaban J connectivity index is 1.99. The lowest BCUT2D eigenvalue weighted by molar-refractivity contribution is -0.153. The van der Waals surface area contributed by atoms with Gasteiger partial charge in [0, 0.05) is 16.0 Å². The molecule has 9 nitrogen and oxygen atoms in total. The van der Waals surface area contributed by atoms with Crippen LogP contribution in [0.3, 0.4) is 0 Å². The van der Waals surface area contributed by atoms with E-state index in [0.29, 0.717) is 10.0 Å². The standard InChI is InChI=1S/C21H21BrN2O7/c1-24(2)15-9-6-7-5-8-10(22)3-4-11(25)13(8)16(26)12(7)18(28)21(9,31)19(29)14(17(15)27)20(23)30/h3-4,7,9,15,25-26,29,31H,5-6H2,1-2H3,(H2,23,30)/t7-,9-,15+,21-/m0/s1. The number of Topliss-reactive ketones (excluding diaryl/α,β-unsaturated/α-hetero) is 2. The smallest absolute Gasteiger partial charge is 0.255 e. The molecule has 4 atom stereocenters. The summed E-state index contributed by atoms with van der Waals surface area (Å²) in [6.45, 7) is 0. The maximum absolute atomic E-state index is 13.5. The van der Waals surface area contributed by atoms with Crippen LogP contribution in [0.2, 0.25) is 0 Å². The van der Waals surface area contributed by atoms with Gasteiger partial charge in [0.25, 0.3) is 5.91 Å². The van der Waals surface area contributed by atoms with Crippen molar-refractivity contribution in [2.24, 2.45) is 17.6 Å².